The number of benzene rings is 2. The van der Waals surface area contributed by atoms with Crippen molar-refractivity contribution in [2.75, 3.05) is 37.9 Å². The Hall–Kier alpha value is -2.33. The van der Waals surface area contributed by atoms with E-state index in [4.69, 9.17) is 0 Å². The van der Waals surface area contributed by atoms with Gasteiger partial charge in [-0.15, -0.1) is 0 Å². The number of hydrogen-bond donors (Lipinski definition) is 1. The van der Waals surface area contributed by atoms with Gasteiger partial charge >= 0.3 is 6.03 Å². The molecule has 1 N–H and O–H groups in total. The van der Waals surface area contributed by atoms with E-state index < -0.39 is 0 Å². The molecular weight excluding hydrogens is 310 g/mol. The molecule has 0 saturated heterocycles. The summed E-state index contributed by atoms with van der Waals surface area (Å²) in [6, 6.07) is 15.9. The van der Waals surface area contributed by atoms with Crippen LogP contribution in [0.15, 0.2) is 48.5 Å². The molecule has 4 nitrogen and oxygen atoms in total. The van der Waals surface area contributed by atoms with Crippen molar-refractivity contribution in [1.82, 2.24) is 4.90 Å². The van der Waals surface area contributed by atoms with Crippen LogP contribution in [-0.2, 0) is 12.8 Å². The first kappa shape index (κ1) is 17.5. The van der Waals surface area contributed by atoms with Crippen molar-refractivity contribution in [3.63, 3.8) is 0 Å². The van der Waals surface area contributed by atoms with Crippen molar-refractivity contribution in [3.05, 3.63) is 59.7 Å². The van der Waals surface area contributed by atoms with Crippen LogP contribution in [0.25, 0.3) is 0 Å². The number of para-hydroxylation sites is 1. The number of hydrogen-bond acceptors (Lipinski definition) is 2. The van der Waals surface area contributed by atoms with E-state index in [2.05, 4.69) is 42.5 Å². The molecule has 0 aromatic heterocycles. The minimum atomic E-state index is -0.118. The summed E-state index contributed by atoms with van der Waals surface area (Å²) < 4.78 is 0. The Morgan fingerprint density at radius 3 is 2.56 bits per heavy atom. The molecule has 4 heteroatoms. The maximum absolute atomic E-state index is 12.5. The van der Waals surface area contributed by atoms with Gasteiger partial charge in [-0.05, 0) is 74.7 Å². The largest absolute Gasteiger partial charge is 0.326 e. The lowest BCUT2D eigenvalue weighted by Gasteiger charge is -2.28. The minimum absolute atomic E-state index is 0.118. The zero-order chi connectivity index (χ0) is 17.8. The molecule has 1 unspecified atom stereocenters. The zero-order valence-corrected chi connectivity index (χ0v) is 15.3. The topological polar surface area (TPSA) is 35.6 Å². The van der Waals surface area contributed by atoms with Crippen molar-refractivity contribution < 1.29 is 4.79 Å². The van der Waals surface area contributed by atoms with Crippen LogP contribution in [-0.4, -0.2) is 38.6 Å². The van der Waals surface area contributed by atoms with Gasteiger partial charge in [0.25, 0.3) is 0 Å². The molecule has 0 radical (unpaired) electrons. The number of amides is 2. The van der Waals surface area contributed by atoms with Crippen molar-refractivity contribution in [2.24, 2.45) is 5.92 Å². The summed E-state index contributed by atoms with van der Waals surface area (Å²) in [6.45, 7) is 1.14. The Kier molecular flexibility index (Phi) is 5.39. The number of rotatable bonds is 4. The lowest BCUT2D eigenvalue weighted by atomic mass is 9.83. The molecule has 0 fully saturated rings. The molecule has 0 bridgehead atoms. The third-order valence-electron chi connectivity index (χ3n) is 4.86. The average molecular weight is 337 g/mol. The molecule has 0 heterocycles. The fourth-order valence-corrected chi connectivity index (χ4v) is 3.54. The highest BCUT2D eigenvalue weighted by molar-refractivity contribution is 6.01. The number of nitrogens with one attached hydrogen (secondary N) is 1. The summed E-state index contributed by atoms with van der Waals surface area (Å²) >= 11 is 0. The SMILES string of the molecule is CN(C)CC1CCc2cc(N(C)C(=O)Nc3ccccc3)ccc2C1. The maximum atomic E-state index is 12.5. The van der Waals surface area contributed by atoms with Gasteiger partial charge in [0.15, 0.2) is 0 Å². The number of carbonyl (C=O) groups is 1. The Morgan fingerprint density at radius 2 is 1.84 bits per heavy atom. The van der Waals surface area contributed by atoms with E-state index >= 15 is 0 Å². The second-order valence-corrected chi connectivity index (χ2v) is 7.18. The van der Waals surface area contributed by atoms with Crippen molar-refractivity contribution in [3.8, 4) is 0 Å². The summed E-state index contributed by atoms with van der Waals surface area (Å²) in [5, 5.41) is 2.93. The van der Waals surface area contributed by atoms with Gasteiger partial charge in [-0.2, -0.15) is 0 Å². The monoisotopic (exact) mass is 337 g/mol. The third kappa shape index (κ3) is 4.40. The van der Waals surface area contributed by atoms with Crippen molar-refractivity contribution in [2.45, 2.75) is 19.3 Å². The molecule has 2 aromatic rings. The molecule has 2 amide bonds. The van der Waals surface area contributed by atoms with Crippen LogP contribution in [0.5, 0.6) is 0 Å². The van der Waals surface area contributed by atoms with Crippen LogP contribution in [0.1, 0.15) is 17.5 Å². The number of urea groups is 1. The van der Waals surface area contributed by atoms with Crippen molar-refractivity contribution in [1.29, 1.82) is 0 Å². The van der Waals surface area contributed by atoms with Crippen LogP contribution < -0.4 is 10.2 Å². The fourth-order valence-electron chi connectivity index (χ4n) is 3.54. The van der Waals surface area contributed by atoms with E-state index in [1.54, 1.807) is 4.90 Å². The van der Waals surface area contributed by atoms with Crippen LogP contribution in [0.2, 0.25) is 0 Å². The highest BCUT2D eigenvalue weighted by Crippen LogP contribution is 2.29. The lowest BCUT2D eigenvalue weighted by Crippen LogP contribution is -2.31. The Bertz CT molecular complexity index is 727. The Balaban J connectivity index is 1.68. The van der Waals surface area contributed by atoms with Gasteiger partial charge in [0.2, 0.25) is 0 Å². The van der Waals surface area contributed by atoms with Crippen LogP contribution in [0.4, 0.5) is 16.2 Å². The number of fused-ring (bicyclic) bond motifs is 1. The number of nitrogens with zero attached hydrogens (tertiary/aromatic N) is 2. The first-order valence-corrected chi connectivity index (χ1v) is 8.89. The average Bonchev–Trinajstić information content (AvgIpc) is 2.61. The molecule has 2 aromatic carbocycles. The Labute approximate surface area is 150 Å². The molecule has 3 rings (SSSR count). The standard InChI is InChI=1S/C21H27N3O/c1-23(2)15-16-9-10-18-14-20(12-11-17(18)13-16)24(3)21(25)22-19-7-5-4-6-8-19/h4-8,11-12,14,16H,9-10,13,15H2,1-3H3,(H,22,25). The van der Waals surface area contributed by atoms with Gasteiger partial charge in [0.1, 0.15) is 0 Å². The summed E-state index contributed by atoms with van der Waals surface area (Å²) in [6.07, 6.45) is 3.44. The molecule has 25 heavy (non-hydrogen) atoms. The van der Waals surface area contributed by atoms with Gasteiger partial charge in [-0.1, -0.05) is 24.3 Å². The lowest BCUT2D eigenvalue weighted by molar-refractivity contribution is 0.258. The summed E-state index contributed by atoms with van der Waals surface area (Å²) in [4.78, 5) is 16.4. The zero-order valence-electron chi connectivity index (χ0n) is 15.3. The van der Waals surface area contributed by atoms with E-state index in [0.717, 1.165) is 36.7 Å². The fraction of sp³-hybridized carbons (Fsp3) is 0.381. The van der Waals surface area contributed by atoms with E-state index in [9.17, 15) is 4.79 Å². The number of aryl methyl sites for hydroxylation is 1. The molecule has 1 aliphatic carbocycles. The first-order chi connectivity index (χ1) is 12.0. The number of carbonyl (C=O) groups excluding carboxylic acids is 1. The van der Waals surface area contributed by atoms with E-state index in [-0.39, 0.29) is 6.03 Å². The van der Waals surface area contributed by atoms with Gasteiger partial charge < -0.3 is 10.2 Å². The normalized spacial score (nSPS) is 16.4. The minimum Gasteiger partial charge on any atom is -0.309 e. The van der Waals surface area contributed by atoms with Gasteiger partial charge in [-0.25, -0.2) is 4.79 Å². The maximum Gasteiger partial charge on any atom is 0.326 e. The molecule has 132 valence electrons. The highest BCUT2D eigenvalue weighted by Gasteiger charge is 2.20. The highest BCUT2D eigenvalue weighted by atomic mass is 16.2. The molecule has 0 aliphatic heterocycles. The van der Waals surface area contributed by atoms with Gasteiger partial charge in [-0.3, -0.25) is 4.90 Å². The second-order valence-electron chi connectivity index (χ2n) is 7.18. The van der Waals surface area contributed by atoms with Crippen LogP contribution >= 0.6 is 0 Å². The van der Waals surface area contributed by atoms with Gasteiger partial charge in [0, 0.05) is 25.0 Å². The molecule has 1 aliphatic rings. The van der Waals surface area contributed by atoms with E-state index in [1.165, 1.54) is 17.5 Å². The van der Waals surface area contributed by atoms with Gasteiger partial charge in [0.05, 0.1) is 0 Å². The van der Waals surface area contributed by atoms with Crippen LogP contribution in [0, 0.1) is 5.92 Å². The second kappa shape index (κ2) is 7.70. The van der Waals surface area contributed by atoms with Crippen molar-refractivity contribution >= 4 is 17.4 Å². The molecule has 0 saturated carbocycles. The molecule has 0 spiro atoms. The first-order valence-electron chi connectivity index (χ1n) is 8.89. The summed E-state index contributed by atoms with van der Waals surface area (Å²) in [7, 11) is 6.09. The predicted molar refractivity (Wildman–Crippen MR) is 104 cm³/mol. The van der Waals surface area contributed by atoms with E-state index in [0.29, 0.717) is 0 Å². The van der Waals surface area contributed by atoms with E-state index in [1.807, 2.05) is 37.4 Å². The molecule has 1 atom stereocenters. The summed E-state index contributed by atoms with van der Waals surface area (Å²) in [5.41, 5.74) is 4.56. The Morgan fingerprint density at radius 1 is 1.08 bits per heavy atom. The number of anilines is 2. The molecular formula is C21H27N3O. The van der Waals surface area contributed by atoms with Crippen LogP contribution in [0.3, 0.4) is 0 Å². The summed E-state index contributed by atoms with van der Waals surface area (Å²) in [5.74, 6) is 0.729. The third-order valence-corrected chi connectivity index (χ3v) is 4.86. The predicted octanol–water partition coefficient (Wildman–Crippen LogP) is 4.02. The quantitative estimate of drug-likeness (QED) is 0.914. The smallest absolute Gasteiger partial charge is 0.309 e.